The number of amides is 1. The van der Waals surface area contributed by atoms with Crippen molar-refractivity contribution < 1.29 is 9.53 Å². The fourth-order valence-corrected chi connectivity index (χ4v) is 2.52. The molecule has 0 radical (unpaired) electrons. The molecular weight excluding hydrogens is 285 g/mol. The van der Waals surface area contributed by atoms with E-state index in [4.69, 9.17) is 27.9 Å². The largest absolute Gasteiger partial charge is 0.484 e. The van der Waals surface area contributed by atoms with Crippen molar-refractivity contribution in [1.29, 1.82) is 0 Å². The first kappa shape index (κ1) is 14.5. The number of alkyl halides is 1. The van der Waals surface area contributed by atoms with E-state index in [1.165, 1.54) is 0 Å². The van der Waals surface area contributed by atoms with Crippen LogP contribution in [0.15, 0.2) is 24.3 Å². The molecule has 19 heavy (non-hydrogen) atoms. The van der Waals surface area contributed by atoms with Gasteiger partial charge in [-0.3, -0.25) is 4.79 Å². The molecule has 3 nitrogen and oxygen atoms in total. The molecule has 1 aromatic rings. The van der Waals surface area contributed by atoms with Gasteiger partial charge < -0.3 is 10.1 Å². The van der Waals surface area contributed by atoms with E-state index in [0.717, 1.165) is 19.3 Å². The van der Waals surface area contributed by atoms with Gasteiger partial charge in [-0.25, -0.2) is 0 Å². The highest BCUT2D eigenvalue weighted by molar-refractivity contribution is 6.30. The van der Waals surface area contributed by atoms with Gasteiger partial charge in [0.1, 0.15) is 5.75 Å². The van der Waals surface area contributed by atoms with Crippen molar-refractivity contribution in [3.8, 4) is 5.75 Å². The average Bonchev–Trinajstić information content (AvgIpc) is 3.15. The van der Waals surface area contributed by atoms with Crippen molar-refractivity contribution in [3.05, 3.63) is 29.3 Å². The smallest absolute Gasteiger partial charge is 0.257 e. The van der Waals surface area contributed by atoms with E-state index in [-0.39, 0.29) is 17.9 Å². The molecule has 2 rings (SSSR count). The van der Waals surface area contributed by atoms with Crippen LogP contribution < -0.4 is 10.1 Å². The zero-order valence-electron chi connectivity index (χ0n) is 10.6. The van der Waals surface area contributed by atoms with Crippen LogP contribution in [0.5, 0.6) is 5.75 Å². The Labute approximate surface area is 123 Å². The highest BCUT2D eigenvalue weighted by Crippen LogP contribution is 2.48. The standard InChI is InChI=1S/C14H17Cl2NO2/c15-7-6-14(4-5-14)10-17-13(18)9-19-12-3-1-2-11(16)8-12/h1-3,8H,4-7,9-10H2,(H,17,18). The second kappa shape index (κ2) is 6.49. The van der Waals surface area contributed by atoms with Gasteiger partial charge in [-0.1, -0.05) is 17.7 Å². The summed E-state index contributed by atoms with van der Waals surface area (Å²) in [5.41, 5.74) is 0.244. The molecule has 0 aromatic heterocycles. The minimum Gasteiger partial charge on any atom is -0.484 e. The van der Waals surface area contributed by atoms with Gasteiger partial charge in [-0.2, -0.15) is 0 Å². The van der Waals surface area contributed by atoms with E-state index in [2.05, 4.69) is 5.32 Å². The summed E-state index contributed by atoms with van der Waals surface area (Å²) >= 11 is 11.6. The lowest BCUT2D eigenvalue weighted by molar-refractivity contribution is -0.123. The predicted octanol–water partition coefficient (Wildman–Crippen LogP) is 3.24. The average molecular weight is 302 g/mol. The molecular formula is C14H17Cl2NO2. The Hall–Kier alpha value is -0.930. The normalized spacial score (nSPS) is 15.9. The maximum atomic E-state index is 11.7. The fourth-order valence-electron chi connectivity index (χ4n) is 1.94. The number of carbonyl (C=O) groups is 1. The highest BCUT2D eigenvalue weighted by atomic mass is 35.5. The summed E-state index contributed by atoms with van der Waals surface area (Å²) in [6, 6.07) is 7.01. The number of hydrogen-bond donors (Lipinski definition) is 1. The van der Waals surface area contributed by atoms with Crippen molar-refractivity contribution in [2.24, 2.45) is 5.41 Å². The lowest BCUT2D eigenvalue weighted by Gasteiger charge is -2.14. The number of halogens is 2. The van der Waals surface area contributed by atoms with Crippen molar-refractivity contribution in [2.45, 2.75) is 19.3 Å². The molecule has 0 atom stereocenters. The van der Waals surface area contributed by atoms with Gasteiger partial charge in [-0.05, 0) is 42.9 Å². The van der Waals surface area contributed by atoms with Crippen LogP contribution in [0.25, 0.3) is 0 Å². The Balaban J connectivity index is 1.70. The number of ether oxygens (including phenoxy) is 1. The molecule has 0 heterocycles. The van der Waals surface area contributed by atoms with Crippen LogP contribution >= 0.6 is 23.2 Å². The molecule has 104 valence electrons. The van der Waals surface area contributed by atoms with Crippen LogP contribution in [-0.4, -0.2) is 24.9 Å². The van der Waals surface area contributed by atoms with Crippen molar-refractivity contribution >= 4 is 29.1 Å². The van der Waals surface area contributed by atoms with Crippen molar-refractivity contribution in [1.82, 2.24) is 5.32 Å². The summed E-state index contributed by atoms with van der Waals surface area (Å²) in [6.07, 6.45) is 3.26. The van der Waals surface area contributed by atoms with E-state index in [1.54, 1.807) is 24.3 Å². The summed E-state index contributed by atoms with van der Waals surface area (Å²) < 4.78 is 5.37. The van der Waals surface area contributed by atoms with Crippen LogP contribution in [0.4, 0.5) is 0 Å². The molecule has 1 aliphatic carbocycles. The fraction of sp³-hybridized carbons (Fsp3) is 0.500. The Morgan fingerprint density at radius 1 is 1.42 bits per heavy atom. The van der Waals surface area contributed by atoms with Crippen LogP contribution in [0.1, 0.15) is 19.3 Å². The molecule has 1 fully saturated rings. The Bertz CT molecular complexity index is 447. The molecule has 0 saturated heterocycles. The predicted molar refractivity (Wildman–Crippen MR) is 77.0 cm³/mol. The van der Waals surface area contributed by atoms with Crippen molar-refractivity contribution in [3.63, 3.8) is 0 Å². The van der Waals surface area contributed by atoms with Crippen molar-refractivity contribution in [2.75, 3.05) is 19.0 Å². The van der Waals surface area contributed by atoms with E-state index < -0.39 is 0 Å². The quantitative estimate of drug-likeness (QED) is 0.785. The molecule has 0 aliphatic heterocycles. The van der Waals surface area contributed by atoms with Gasteiger partial charge in [-0.15, -0.1) is 11.6 Å². The van der Waals surface area contributed by atoms with E-state index in [1.807, 2.05) is 0 Å². The molecule has 1 amide bonds. The van der Waals surface area contributed by atoms with Gasteiger partial charge in [0, 0.05) is 17.4 Å². The topological polar surface area (TPSA) is 38.3 Å². The van der Waals surface area contributed by atoms with Crippen LogP contribution in [0.3, 0.4) is 0 Å². The molecule has 5 heteroatoms. The molecule has 0 bridgehead atoms. The first-order valence-corrected chi connectivity index (χ1v) is 7.26. The van der Waals surface area contributed by atoms with E-state index in [9.17, 15) is 4.79 Å². The maximum absolute atomic E-state index is 11.7. The lowest BCUT2D eigenvalue weighted by Crippen LogP contribution is -2.34. The van der Waals surface area contributed by atoms with Gasteiger partial charge in [0.2, 0.25) is 0 Å². The number of hydrogen-bond acceptors (Lipinski definition) is 2. The van der Waals surface area contributed by atoms with Crippen LogP contribution in [-0.2, 0) is 4.79 Å². The number of nitrogens with one attached hydrogen (secondary N) is 1. The first-order valence-electron chi connectivity index (χ1n) is 6.35. The summed E-state index contributed by atoms with van der Waals surface area (Å²) in [5.74, 6) is 1.14. The lowest BCUT2D eigenvalue weighted by atomic mass is 10.0. The summed E-state index contributed by atoms with van der Waals surface area (Å²) in [5, 5.41) is 3.49. The van der Waals surface area contributed by atoms with Gasteiger partial charge in [0.25, 0.3) is 5.91 Å². The summed E-state index contributed by atoms with van der Waals surface area (Å²) in [7, 11) is 0. The van der Waals surface area contributed by atoms with Gasteiger partial charge in [0.05, 0.1) is 0 Å². The third kappa shape index (κ3) is 4.59. The Kier molecular flexibility index (Phi) is 4.94. The molecule has 1 aliphatic rings. The zero-order chi connectivity index (χ0) is 13.7. The number of rotatable bonds is 7. The third-order valence-electron chi connectivity index (χ3n) is 3.41. The highest BCUT2D eigenvalue weighted by Gasteiger charge is 2.41. The van der Waals surface area contributed by atoms with Crippen LogP contribution in [0, 0.1) is 5.41 Å². The zero-order valence-corrected chi connectivity index (χ0v) is 12.1. The number of carbonyl (C=O) groups excluding carboxylic acids is 1. The van der Waals surface area contributed by atoms with Gasteiger partial charge in [0.15, 0.2) is 6.61 Å². The first-order chi connectivity index (χ1) is 9.13. The maximum Gasteiger partial charge on any atom is 0.257 e. The third-order valence-corrected chi connectivity index (χ3v) is 3.83. The Morgan fingerprint density at radius 3 is 2.84 bits per heavy atom. The molecule has 0 spiro atoms. The Morgan fingerprint density at radius 2 is 2.21 bits per heavy atom. The minimum absolute atomic E-state index is 0.0112. The van der Waals surface area contributed by atoms with E-state index in [0.29, 0.717) is 23.2 Å². The molecule has 0 unspecified atom stereocenters. The second-order valence-electron chi connectivity index (χ2n) is 4.96. The van der Waals surface area contributed by atoms with Gasteiger partial charge >= 0.3 is 0 Å². The summed E-state index contributed by atoms with van der Waals surface area (Å²) in [4.78, 5) is 11.7. The van der Waals surface area contributed by atoms with E-state index >= 15 is 0 Å². The summed E-state index contributed by atoms with van der Waals surface area (Å²) in [6.45, 7) is 0.703. The minimum atomic E-state index is -0.110. The monoisotopic (exact) mass is 301 g/mol. The second-order valence-corrected chi connectivity index (χ2v) is 5.78. The molecule has 1 saturated carbocycles. The number of benzene rings is 1. The SMILES string of the molecule is O=C(COc1cccc(Cl)c1)NCC1(CCCl)CC1. The molecule has 1 aromatic carbocycles. The van der Waals surface area contributed by atoms with Crippen LogP contribution in [0.2, 0.25) is 5.02 Å². The molecule has 1 N–H and O–H groups in total.